The topological polar surface area (TPSA) is 63.6 Å². The van der Waals surface area contributed by atoms with Gasteiger partial charge in [0.2, 0.25) is 0 Å². The van der Waals surface area contributed by atoms with Gasteiger partial charge < -0.3 is 9.84 Å². The Balaban J connectivity index is 1.49. The van der Waals surface area contributed by atoms with Crippen molar-refractivity contribution in [2.24, 2.45) is 23.7 Å². The second-order valence-electron chi connectivity index (χ2n) is 5.80. The fourth-order valence-corrected chi connectivity index (χ4v) is 3.66. The van der Waals surface area contributed by atoms with Crippen molar-refractivity contribution in [1.82, 2.24) is 0 Å². The van der Waals surface area contributed by atoms with E-state index in [1.807, 2.05) is 0 Å². The summed E-state index contributed by atoms with van der Waals surface area (Å²) in [6.45, 7) is 0. The molecule has 18 heavy (non-hydrogen) atoms. The highest BCUT2D eigenvalue weighted by Crippen LogP contribution is 2.45. The van der Waals surface area contributed by atoms with Crippen LogP contribution in [-0.4, -0.2) is 23.1 Å². The molecule has 1 aliphatic heterocycles. The van der Waals surface area contributed by atoms with Crippen molar-refractivity contribution in [3.8, 4) is 0 Å². The van der Waals surface area contributed by atoms with Crippen LogP contribution in [0, 0.1) is 23.7 Å². The summed E-state index contributed by atoms with van der Waals surface area (Å²) in [6.07, 6.45) is 9.22. The third-order valence-electron chi connectivity index (χ3n) is 4.64. The average Bonchev–Trinajstić information content (AvgIpc) is 3.00. The molecule has 4 nitrogen and oxygen atoms in total. The van der Waals surface area contributed by atoms with E-state index in [1.165, 1.54) is 12.8 Å². The summed E-state index contributed by atoms with van der Waals surface area (Å²) in [5, 5.41) is 8.86. The van der Waals surface area contributed by atoms with Crippen LogP contribution in [0.3, 0.4) is 0 Å². The number of hydrogen-bond donors (Lipinski definition) is 1. The lowest BCUT2D eigenvalue weighted by atomic mass is 9.88. The van der Waals surface area contributed by atoms with Gasteiger partial charge in [-0.05, 0) is 43.4 Å². The Labute approximate surface area is 106 Å². The molecule has 0 aromatic heterocycles. The van der Waals surface area contributed by atoms with Crippen molar-refractivity contribution in [2.75, 3.05) is 0 Å². The van der Waals surface area contributed by atoms with E-state index < -0.39 is 17.9 Å². The third-order valence-corrected chi connectivity index (χ3v) is 4.64. The third kappa shape index (κ3) is 2.04. The number of fused-ring (bicyclic) bond motifs is 2. The molecule has 1 saturated carbocycles. The van der Waals surface area contributed by atoms with Gasteiger partial charge in [0.1, 0.15) is 6.10 Å². The van der Waals surface area contributed by atoms with Crippen molar-refractivity contribution in [2.45, 2.75) is 38.2 Å². The predicted molar refractivity (Wildman–Crippen MR) is 63.7 cm³/mol. The Morgan fingerprint density at radius 3 is 2.67 bits per heavy atom. The van der Waals surface area contributed by atoms with E-state index in [0.717, 1.165) is 18.8 Å². The molecule has 0 spiro atoms. The number of carbonyl (C=O) groups is 2. The number of cyclic esters (lactones) is 1. The minimum Gasteiger partial charge on any atom is -0.481 e. The van der Waals surface area contributed by atoms with E-state index in [4.69, 9.17) is 9.84 Å². The lowest BCUT2D eigenvalue weighted by Crippen LogP contribution is -2.18. The highest BCUT2D eigenvalue weighted by Gasteiger charge is 2.41. The van der Waals surface area contributed by atoms with Gasteiger partial charge in [-0.2, -0.15) is 0 Å². The van der Waals surface area contributed by atoms with Crippen molar-refractivity contribution in [1.29, 1.82) is 0 Å². The molecule has 0 radical (unpaired) electrons. The van der Waals surface area contributed by atoms with Crippen LogP contribution in [0.25, 0.3) is 0 Å². The molecule has 2 aliphatic carbocycles. The number of rotatable bonds is 4. The SMILES string of the molecule is O=C(O)C1CC(CCC2C[C@H]3C=C[C@@H]2C3)OC1=O. The molecule has 3 aliphatic rings. The molecular formula is C14H18O4. The summed E-state index contributed by atoms with van der Waals surface area (Å²) in [4.78, 5) is 22.1. The number of allylic oxidation sites excluding steroid dienone is 2. The van der Waals surface area contributed by atoms with E-state index in [0.29, 0.717) is 18.3 Å². The fourth-order valence-electron chi connectivity index (χ4n) is 3.66. The molecule has 0 aromatic rings. The summed E-state index contributed by atoms with van der Waals surface area (Å²) in [6, 6.07) is 0. The highest BCUT2D eigenvalue weighted by molar-refractivity contribution is 5.95. The molecule has 2 bridgehead atoms. The normalized spacial score (nSPS) is 41.3. The lowest BCUT2D eigenvalue weighted by molar-refractivity contribution is -0.153. The van der Waals surface area contributed by atoms with E-state index in [-0.39, 0.29) is 6.10 Å². The van der Waals surface area contributed by atoms with Gasteiger partial charge in [0.15, 0.2) is 5.92 Å². The van der Waals surface area contributed by atoms with Crippen LogP contribution >= 0.6 is 0 Å². The Morgan fingerprint density at radius 2 is 2.11 bits per heavy atom. The van der Waals surface area contributed by atoms with Crippen LogP contribution in [0.5, 0.6) is 0 Å². The van der Waals surface area contributed by atoms with E-state index in [1.54, 1.807) is 0 Å². The zero-order valence-corrected chi connectivity index (χ0v) is 10.2. The quantitative estimate of drug-likeness (QED) is 0.471. The molecular weight excluding hydrogens is 232 g/mol. The van der Waals surface area contributed by atoms with Crippen LogP contribution < -0.4 is 0 Å². The fraction of sp³-hybridized carbons (Fsp3) is 0.714. The molecule has 1 saturated heterocycles. The molecule has 1 heterocycles. The van der Waals surface area contributed by atoms with Crippen LogP contribution in [0.1, 0.15) is 32.1 Å². The molecule has 5 atom stereocenters. The summed E-state index contributed by atoms with van der Waals surface area (Å²) >= 11 is 0. The number of carboxylic acid groups (broad SMARTS) is 1. The Morgan fingerprint density at radius 1 is 1.28 bits per heavy atom. The lowest BCUT2D eigenvalue weighted by Gasteiger charge is -2.19. The zero-order chi connectivity index (χ0) is 12.7. The first kappa shape index (κ1) is 11.8. The minimum atomic E-state index is -1.05. The second kappa shape index (κ2) is 4.41. The van der Waals surface area contributed by atoms with Crippen molar-refractivity contribution in [3.63, 3.8) is 0 Å². The van der Waals surface area contributed by atoms with Crippen LogP contribution in [-0.2, 0) is 14.3 Å². The van der Waals surface area contributed by atoms with E-state index >= 15 is 0 Å². The second-order valence-corrected chi connectivity index (χ2v) is 5.80. The van der Waals surface area contributed by atoms with Gasteiger partial charge in [0.05, 0.1) is 0 Å². The monoisotopic (exact) mass is 250 g/mol. The maximum atomic E-state index is 11.3. The average molecular weight is 250 g/mol. The number of ether oxygens (including phenoxy) is 1. The Kier molecular flexibility index (Phi) is 2.88. The molecule has 0 amide bonds. The van der Waals surface area contributed by atoms with Gasteiger partial charge in [-0.1, -0.05) is 12.2 Å². The number of aliphatic carboxylic acids is 1. The Hall–Kier alpha value is -1.32. The molecule has 4 heteroatoms. The zero-order valence-electron chi connectivity index (χ0n) is 10.2. The standard InChI is InChI=1S/C14H18O4/c15-13(16)12-7-11(18-14(12)17)4-3-10-6-8-1-2-9(10)5-8/h1-2,8-12H,3-7H2,(H,15,16)/t8-,9+,10?,11?,12?/m0/s1. The summed E-state index contributed by atoms with van der Waals surface area (Å²) in [5.41, 5.74) is 0. The molecule has 98 valence electrons. The first-order valence-electron chi connectivity index (χ1n) is 6.75. The van der Waals surface area contributed by atoms with E-state index in [9.17, 15) is 9.59 Å². The minimum absolute atomic E-state index is 0.179. The molecule has 0 aromatic carbocycles. The highest BCUT2D eigenvalue weighted by atomic mass is 16.6. The summed E-state index contributed by atoms with van der Waals surface area (Å²) in [7, 11) is 0. The van der Waals surface area contributed by atoms with Gasteiger partial charge in [0.25, 0.3) is 0 Å². The summed E-state index contributed by atoms with van der Waals surface area (Å²) in [5.74, 6) is -0.358. The van der Waals surface area contributed by atoms with Crippen LogP contribution in [0.15, 0.2) is 12.2 Å². The smallest absolute Gasteiger partial charge is 0.320 e. The summed E-state index contributed by atoms with van der Waals surface area (Å²) < 4.78 is 5.14. The number of carboxylic acids is 1. The first-order valence-corrected chi connectivity index (χ1v) is 6.75. The van der Waals surface area contributed by atoms with E-state index in [2.05, 4.69) is 12.2 Å². The van der Waals surface area contributed by atoms with Gasteiger partial charge in [0, 0.05) is 6.42 Å². The molecule has 3 unspecified atom stereocenters. The van der Waals surface area contributed by atoms with Gasteiger partial charge in [-0.15, -0.1) is 0 Å². The number of esters is 1. The number of carbonyl (C=O) groups excluding carboxylic acids is 1. The molecule has 1 N–H and O–H groups in total. The van der Waals surface area contributed by atoms with Crippen LogP contribution in [0.4, 0.5) is 0 Å². The van der Waals surface area contributed by atoms with Gasteiger partial charge in [-0.25, -0.2) is 0 Å². The maximum Gasteiger partial charge on any atom is 0.320 e. The number of hydrogen-bond acceptors (Lipinski definition) is 3. The predicted octanol–water partition coefficient (Wildman–Crippen LogP) is 2.00. The maximum absolute atomic E-state index is 11.3. The van der Waals surface area contributed by atoms with Gasteiger partial charge >= 0.3 is 11.9 Å². The van der Waals surface area contributed by atoms with Gasteiger partial charge in [-0.3, -0.25) is 9.59 Å². The largest absolute Gasteiger partial charge is 0.481 e. The van der Waals surface area contributed by atoms with Crippen molar-refractivity contribution in [3.05, 3.63) is 12.2 Å². The first-order chi connectivity index (χ1) is 8.63. The van der Waals surface area contributed by atoms with Crippen LogP contribution in [0.2, 0.25) is 0 Å². The Bertz CT molecular complexity index is 401. The van der Waals surface area contributed by atoms with Crippen molar-refractivity contribution >= 4 is 11.9 Å². The van der Waals surface area contributed by atoms with Crippen molar-refractivity contribution < 1.29 is 19.4 Å². The molecule has 3 rings (SSSR count). The molecule has 2 fully saturated rings.